The number of rotatable bonds is 5. The lowest BCUT2D eigenvalue weighted by molar-refractivity contribution is -0.158. The molecule has 0 spiro atoms. The van der Waals surface area contributed by atoms with Crippen molar-refractivity contribution < 1.29 is 9.53 Å². The number of ether oxygens (including phenoxy) is 1. The molecule has 0 radical (unpaired) electrons. The summed E-state index contributed by atoms with van der Waals surface area (Å²) in [4.78, 5) is 12.3. The SMILES string of the molecule is C#CCC(CC)(C(=O)OCC)C1C=CCCCC1. The van der Waals surface area contributed by atoms with E-state index >= 15 is 0 Å². The van der Waals surface area contributed by atoms with Crippen LogP contribution in [0.4, 0.5) is 0 Å². The van der Waals surface area contributed by atoms with Crippen molar-refractivity contribution in [1.29, 1.82) is 0 Å². The molecule has 0 saturated carbocycles. The van der Waals surface area contributed by atoms with E-state index in [1.165, 1.54) is 6.42 Å². The van der Waals surface area contributed by atoms with Gasteiger partial charge in [0.1, 0.15) is 0 Å². The van der Waals surface area contributed by atoms with Crippen LogP contribution in [0.3, 0.4) is 0 Å². The first-order valence-corrected chi connectivity index (χ1v) is 6.98. The van der Waals surface area contributed by atoms with Gasteiger partial charge >= 0.3 is 5.97 Å². The molecule has 0 bridgehead atoms. The van der Waals surface area contributed by atoms with Crippen LogP contribution in [0.15, 0.2) is 12.2 Å². The number of hydrogen-bond acceptors (Lipinski definition) is 2. The van der Waals surface area contributed by atoms with Crippen molar-refractivity contribution in [3.63, 3.8) is 0 Å². The molecule has 2 unspecified atom stereocenters. The molecule has 2 atom stereocenters. The number of allylic oxidation sites excluding steroid dienone is 2. The maximum absolute atomic E-state index is 12.3. The largest absolute Gasteiger partial charge is 0.466 e. The summed E-state index contributed by atoms with van der Waals surface area (Å²) in [6.07, 6.45) is 15.6. The molecule has 0 aliphatic heterocycles. The van der Waals surface area contributed by atoms with Gasteiger partial charge in [0, 0.05) is 6.42 Å². The van der Waals surface area contributed by atoms with Crippen molar-refractivity contribution in [3.8, 4) is 12.3 Å². The van der Waals surface area contributed by atoms with Crippen molar-refractivity contribution in [1.82, 2.24) is 0 Å². The van der Waals surface area contributed by atoms with Crippen molar-refractivity contribution in [3.05, 3.63) is 12.2 Å². The summed E-state index contributed by atoms with van der Waals surface area (Å²) >= 11 is 0. The van der Waals surface area contributed by atoms with E-state index < -0.39 is 5.41 Å². The molecule has 0 saturated heterocycles. The molecule has 100 valence electrons. The molecule has 0 aromatic carbocycles. The zero-order chi connectivity index (χ0) is 13.4. The van der Waals surface area contributed by atoms with Gasteiger partial charge in [-0.25, -0.2) is 0 Å². The summed E-state index contributed by atoms with van der Waals surface area (Å²) < 4.78 is 5.28. The monoisotopic (exact) mass is 248 g/mol. The number of esters is 1. The third-order valence-electron chi connectivity index (χ3n) is 3.94. The van der Waals surface area contributed by atoms with E-state index in [0.29, 0.717) is 13.0 Å². The van der Waals surface area contributed by atoms with E-state index in [0.717, 1.165) is 25.7 Å². The van der Waals surface area contributed by atoms with Crippen LogP contribution in [-0.2, 0) is 9.53 Å². The summed E-state index contributed by atoms with van der Waals surface area (Å²) in [6, 6.07) is 0. The first kappa shape index (κ1) is 14.8. The van der Waals surface area contributed by atoms with Crippen LogP contribution in [0, 0.1) is 23.7 Å². The molecule has 0 heterocycles. The van der Waals surface area contributed by atoms with Crippen LogP contribution in [0.5, 0.6) is 0 Å². The molecule has 1 aliphatic carbocycles. The molecule has 18 heavy (non-hydrogen) atoms. The van der Waals surface area contributed by atoms with Gasteiger partial charge in [-0.1, -0.05) is 25.5 Å². The zero-order valence-corrected chi connectivity index (χ0v) is 11.6. The first-order chi connectivity index (χ1) is 8.71. The van der Waals surface area contributed by atoms with Gasteiger partial charge in [0.2, 0.25) is 0 Å². The van der Waals surface area contributed by atoms with E-state index in [-0.39, 0.29) is 11.9 Å². The molecule has 1 aliphatic rings. The van der Waals surface area contributed by atoms with Crippen LogP contribution in [-0.4, -0.2) is 12.6 Å². The number of terminal acetylenes is 1. The smallest absolute Gasteiger partial charge is 0.313 e. The average molecular weight is 248 g/mol. The van der Waals surface area contributed by atoms with Gasteiger partial charge in [-0.05, 0) is 38.5 Å². The molecule has 0 aromatic rings. The van der Waals surface area contributed by atoms with Crippen molar-refractivity contribution in [2.24, 2.45) is 11.3 Å². The Morgan fingerprint density at radius 1 is 1.50 bits per heavy atom. The quantitative estimate of drug-likeness (QED) is 0.421. The minimum absolute atomic E-state index is 0.123. The van der Waals surface area contributed by atoms with Crippen molar-refractivity contribution in [2.45, 2.75) is 52.4 Å². The van der Waals surface area contributed by atoms with Crippen molar-refractivity contribution in [2.75, 3.05) is 6.61 Å². The first-order valence-electron chi connectivity index (χ1n) is 6.98. The minimum Gasteiger partial charge on any atom is -0.466 e. The Bertz CT molecular complexity index is 337. The second-order valence-corrected chi connectivity index (χ2v) is 4.93. The Kier molecular flexibility index (Phi) is 5.98. The lowest BCUT2D eigenvalue weighted by Crippen LogP contribution is -2.38. The second-order valence-electron chi connectivity index (χ2n) is 4.93. The molecular weight excluding hydrogens is 224 g/mol. The van der Waals surface area contributed by atoms with Gasteiger partial charge in [0.05, 0.1) is 12.0 Å². The maximum Gasteiger partial charge on any atom is 0.313 e. The molecule has 0 amide bonds. The Hall–Kier alpha value is -1.23. The molecule has 0 fully saturated rings. The van der Waals surface area contributed by atoms with Crippen LogP contribution in [0.2, 0.25) is 0 Å². The Balaban J connectivity index is 3.00. The number of hydrogen-bond donors (Lipinski definition) is 0. The molecule has 1 rings (SSSR count). The molecule has 0 aromatic heterocycles. The molecular formula is C16H24O2. The van der Waals surface area contributed by atoms with Gasteiger partial charge in [-0.3, -0.25) is 4.79 Å². The van der Waals surface area contributed by atoms with Crippen molar-refractivity contribution >= 4 is 5.97 Å². The highest BCUT2D eigenvalue weighted by Crippen LogP contribution is 2.41. The highest BCUT2D eigenvalue weighted by atomic mass is 16.5. The lowest BCUT2D eigenvalue weighted by Gasteiger charge is -2.35. The highest BCUT2D eigenvalue weighted by molar-refractivity contribution is 5.78. The van der Waals surface area contributed by atoms with E-state index in [1.54, 1.807) is 0 Å². The van der Waals surface area contributed by atoms with Gasteiger partial charge in [0.25, 0.3) is 0 Å². The van der Waals surface area contributed by atoms with Crippen LogP contribution < -0.4 is 0 Å². The lowest BCUT2D eigenvalue weighted by atomic mass is 9.69. The van der Waals surface area contributed by atoms with E-state index in [4.69, 9.17) is 11.2 Å². The predicted molar refractivity (Wildman–Crippen MR) is 73.9 cm³/mol. The normalized spacial score (nSPS) is 22.6. The number of carbonyl (C=O) groups is 1. The van der Waals surface area contributed by atoms with Gasteiger partial charge in [-0.2, -0.15) is 0 Å². The minimum atomic E-state index is -0.522. The molecule has 0 N–H and O–H groups in total. The van der Waals surface area contributed by atoms with Crippen LogP contribution in [0.25, 0.3) is 0 Å². The van der Waals surface area contributed by atoms with Crippen LogP contribution in [0.1, 0.15) is 52.4 Å². The maximum atomic E-state index is 12.3. The van der Waals surface area contributed by atoms with Gasteiger partial charge in [0.15, 0.2) is 0 Å². The van der Waals surface area contributed by atoms with Crippen LogP contribution >= 0.6 is 0 Å². The fourth-order valence-corrected chi connectivity index (χ4v) is 2.79. The number of carbonyl (C=O) groups excluding carboxylic acids is 1. The van der Waals surface area contributed by atoms with E-state index in [2.05, 4.69) is 18.1 Å². The van der Waals surface area contributed by atoms with Gasteiger partial charge in [-0.15, -0.1) is 12.3 Å². The third kappa shape index (κ3) is 3.16. The fraction of sp³-hybridized carbons (Fsp3) is 0.688. The van der Waals surface area contributed by atoms with E-state index in [9.17, 15) is 4.79 Å². The zero-order valence-electron chi connectivity index (χ0n) is 11.6. The summed E-state index contributed by atoms with van der Waals surface area (Å²) in [7, 11) is 0. The summed E-state index contributed by atoms with van der Waals surface area (Å²) in [5.41, 5.74) is -0.522. The van der Waals surface area contributed by atoms with E-state index in [1.807, 2.05) is 13.8 Å². The fourth-order valence-electron chi connectivity index (χ4n) is 2.79. The predicted octanol–water partition coefficient (Wildman–Crippen LogP) is 3.72. The average Bonchev–Trinajstić information content (AvgIpc) is 2.65. The Morgan fingerprint density at radius 3 is 2.89 bits per heavy atom. The molecule has 2 heteroatoms. The highest BCUT2D eigenvalue weighted by Gasteiger charge is 2.43. The third-order valence-corrected chi connectivity index (χ3v) is 3.94. The standard InChI is InChI=1S/C16H24O2/c1-4-13-16(5-2,15(17)18-6-3)14-11-9-7-8-10-12-14/h1,9,11,14H,5-8,10,12-13H2,2-3H3. The van der Waals surface area contributed by atoms with Gasteiger partial charge < -0.3 is 4.74 Å². The summed E-state index contributed by atoms with van der Waals surface area (Å²) in [5.74, 6) is 2.78. The molecule has 2 nitrogen and oxygen atoms in total. The summed E-state index contributed by atoms with van der Waals surface area (Å²) in [6.45, 7) is 4.30. The Labute approximate surface area is 111 Å². The summed E-state index contributed by atoms with van der Waals surface area (Å²) in [5, 5.41) is 0. The Morgan fingerprint density at radius 2 is 2.28 bits per heavy atom. The second kappa shape index (κ2) is 7.26. The topological polar surface area (TPSA) is 26.3 Å².